The van der Waals surface area contributed by atoms with Crippen LogP contribution in [0.1, 0.15) is 11.6 Å². The molecule has 72 valence electrons. The maximum atomic E-state index is 9.38. The molecule has 0 aliphatic carbocycles. The van der Waals surface area contributed by atoms with E-state index in [0.717, 1.165) is 0 Å². The monoisotopic (exact) mass is 221 g/mol. The first-order valence-electron chi connectivity index (χ1n) is 3.60. The third kappa shape index (κ3) is 2.25. The molecule has 0 aromatic heterocycles. The van der Waals surface area contributed by atoms with E-state index in [1.54, 1.807) is 0 Å². The van der Waals surface area contributed by atoms with E-state index in [-0.39, 0.29) is 17.4 Å². The number of aromatic hydroxyl groups is 1. The van der Waals surface area contributed by atoms with Crippen molar-refractivity contribution >= 4 is 23.2 Å². The van der Waals surface area contributed by atoms with E-state index in [4.69, 9.17) is 34.0 Å². The summed E-state index contributed by atoms with van der Waals surface area (Å²) in [6.45, 7) is -0.258. The summed E-state index contributed by atoms with van der Waals surface area (Å²) in [5, 5.41) is 18.7. The molecule has 5 heteroatoms. The minimum absolute atomic E-state index is 0.0593. The Kier molecular flexibility index (Phi) is 3.39. The highest BCUT2D eigenvalue weighted by Gasteiger charge is 2.12. The van der Waals surface area contributed by atoms with Gasteiger partial charge < -0.3 is 15.9 Å². The van der Waals surface area contributed by atoms with E-state index >= 15 is 0 Å². The normalized spacial score (nSPS) is 12.9. The van der Waals surface area contributed by atoms with E-state index in [2.05, 4.69) is 0 Å². The fraction of sp³-hybridized carbons (Fsp3) is 0.250. The van der Waals surface area contributed by atoms with Gasteiger partial charge in [0.2, 0.25) is 0 Å². The molecule has 0 saturated heterocycles. The summed E-state index contributed by atoms with van der Waals surface area (Å²) in [6.07, 6.45) is 0. The lowest BCUT2D eigenvalue weighted by molar-refractivity contribution is 0.265. The molecule has 3 nitrogen and oxygen atoms in total. The number of aliphatic hydroxyl groups excluding tert-OH is 1. The molecule has 0 aliphatic heterocycles. The molecule has 0 heterocycles. The zero-order valence-corrected chi connectivity index (χ0v) is 8.18. The number of aliphatic hydroxyl groups is 1. The number of halogens is 2. The Balaban J connectivity index is 3.15. The van der Waals surface area contributed by atoms with Crippen LogP contribution in [-0.4, -0.2) is 16.8 Å². The molecule has 1 aromatic carbocycles. The summed E-state index contributed by atoms with van der Waals surface area (Å²) in [6, 6.07) is 2.10. The quantitative estimate of drug-likeness (QED) is 0.713. The Labute approximate surface area is 85.7 Å². The summed E-state index contributed by atoms with van der Waals surface area (Å²) in [4.78, 5) is 0. The standard InChI is InChI=1S/C8H9Cl2NO2/c9-5-1-4(7(11)3-12)8(13)2-6(5)10/h1-2,7,12-13H,3,11H2/t7-/m0/s1. The number of hydrogen-bond donors (Lipinski definition) is 3. The summed E-state index contributed by atoms with van der Waals surface area (Å²) in [5.41, 5.74) is 5.89. The van der Waals surface area contributed by atoms with Crippen LogP contribution in [-0.2, 0) is 0 Å². The zero-order valence-electron chi connectivity index (χ0n) is 6.67. The average molecular weight is 222 g/mol. The van der Waals surface area contributed by atoms with E-state index in [0.29, 0.717) is 10.6 Å². The van der Waals surface area contributed by atoms with Gasteiger partial charge in [-0.25, -0.2) is 0 Å². The Morgan fingerprint density at radius 2 is 1.85 bits per heavy atom. The van der Waals surface area contributed by atoms with Gasteiger partial charge >= 0.3 is 0 Å². The largest absolute Gasteiger partial charge is 0.508 e. The Morgan fingerprint density at radius 3 is 2.38 bits per heavy atom. The van der Waals surface area contributed by atoms with Crippen molar-refractivity contribution in [2.45, 2.75) is 6.04 Å². The molecular formula is C8H9Cl2NO2. The summed E-state index contributed by atoms with van der Waals surface area (Å²) in [7, 11) is 0. The van der Waals surface area contributed by atoms with Gasteiger partial charge in [-0.05, 0) is 6.07 Å². The second kappa shape index (κ2) is 4.15. The first kappa shape index (κ1) is 10.6. The molecule has 1 atom stereocenters. The highest BCUT2D eigenvalue weighted by molar-refractivity contribution is 6.42. The van der Waals surface area contributed by atoms with Crippen molar-refractivity contribution < 1.29 is 10.2 Å². The molecule has 0 unspecified atom stereocenters. The fourth-order valence-electron chi connectivity index (χ4n) is 0.947. The second-order valence-corrected chi connectivity index (χ2v) is 3.43. The smallest absolute Gasteiger partial charge is 0.122 e. The molecular weight excluding hydrogens is 213 g/mol. The number of nitrogens with two attached hydrogens (primary N) is 1. The number of rotatable bonds is 2. The van der Waals surface area contributed by atoms with Crippen LogP contribution >= 0.6 is 23.2 Å². The molecule has 0 radical (unpaired) electrons. The van der Waals surface area contributed by atoms with Gasteiger partial charge in [0.15, 0.2) is 0 Å². The minimum Gasteiger partial charge on any atom is -0.508 e. The van der Waals surface area contributed by atoms with Gasteiger partial charge in [-0.15, -0.1) is 0 Å². The van der Waals surface area contributed by atoms with Crippen LogP contribution in [0, 0.1) is 0 Å². The number of phenols is 1. The maximum absolute atomic E-state index is 9.38. The Bertz CT molecular complexity index is 317. The van der Waals surface area contributed by atoms with E-state index in [9.17, 15) is 5.11 Å². The fourth-order valence-corrected chi connectivity index (χ4v) is 1.28. The van der Waals surface area contributed by atoms with E-state index in [1.807, 2.05) is 0 Å². The summed E-state index contributed by atoms with van der Waals surface area (Å²) < 4.78 is 0. The topological polar surface area (TPSA) is 66.5 Å². The molecule has 0 bridgehead atoms. The van der Waals surface area contributed by atoms with Crippen LogP contribution in [0.15, 0.2) is 12.1 Å². The van der Waals surface area contributed by atoms with Crippen molar-refractivity contribution in [3.63, 3.8) is 0 Å². The predicted molar refractivity (Wildman–Crippen MR) is 52.1 cm³/mol. The lowest BCUT2D eigenvalue weighted by atomic mass is 10.1. The SMILES string of the molecule is N[C@@H](CO)c1cc(Cl)c(Cl)cc1O. The first-order chi connectivity index (χ1) is 6.06. The van der Waals surface area contributed by atoms with Crippen LogP contribution < -0.4 is 5.73 Å². The van der Waals surface area contributed by atoms with Crippen molar-refractivity contribution in [1.29, 1.82) is 0 Å². The third-order valence-corrected chi connectivity index (χ3v) is 2.39. The average Bonchev–Trinajstić information content (AvgIpc) is 2.10. The molecule has 13 heavy (non-hydrogen) atoms. The molecule has 0 fully saturated rings. The van der Waals surface area contributed by atoms with Crippen LogP contribution in [0.4, 0.5) is 0 Å². The van der Waals surface area contributed by atoms with Crippen LogP contribution in [0.25, 0.3) is 0 Å². The maximum Gasteiger partial charge on any atom is 0.122 e. The van der Waals surface area contributed by atoms with Crippen molar-refractivity contribution in [2.24, 2.45) is 5.73 Å². The summed E-state index contributed by atoms with van der Waals surface area (Å²) in [5.74, 6) is -0.0593. The van der Waals surface area contributed by atoms with Crippen molar-refractivity contribution in [3.05, 3.63) is 27.7 Å². The molecule has 0 spiro atoms. The molecule has 0 aliphatic rings. The van der Waals surface area contributed by atoms with E-state index in [1.165, 1.54) is 12.1 Å². The number of hydrogen-bond acceptors (Lipinski definition) is 3. The summed E-state index contributed by atoms with van der Waals surface area (Å²) >= 11 is 11.3. The Morgan fingerprint density at radius 1 is 1.31 bits per heavy atom. The zero-order chi connectivity index (χ0) is 10.0. The highest BCUT2D eigenvalue weighted by atomic mass is 35.5. The highest BCUT2D eigenvalue weighted by Crippen LogP contribution is 2.32. The molecule has 1 rings (SSSR count). The van der Waals surface area contributed by atoms with Crippen molar-refractivity contribution in [2.75, 3.05) is 6.61 Å². The number of phenolic OH excluding ortho intramolecular Hbond substituents is 1. The Hall–Kier alpha value is -0.480. The molecule has 0 amide bonds. The predicted octanol–water partition coefficient (Wildman–Crippen LogP) is 1.69. The van der Waals surface area contributed by atoms with Crippen LogP contribution in [0.5, 0.6) is 5.75 Å². The first-order valence-corrected chi connectivity index (χ1v) is 4.36. The van der Waals surface area contributed by atoms with Gasteiger partial charge in [0.1, 0.15) is 5.75 Å². The van der Waals surface area contributed by atoms with E-state index < -0.39 is 6.04 Å². The van der Waals surface area contributed by atoms with Gasteiger partial charge in [0.25, 0.3) is 0 Å². The second-order valence-electron chi connectivity index (χ2n) is 2.61. The lowest BCUT2D eigenvalue weighted by Gasteiger charge is -2.11. The van der Waals surface area contributed by atoms with Crippen LogP contribution in [0.2, 0.25) is 10.0 Å². The minimum atomic E-state index is -0.644. The van der Waals surface area contributed by atoms with Crippen LogP contribution in [0.3, 0.4) is 0 Å². The molecule has 4 N–H and O–H groups in total. The number of benzene rings is 1. The van der Waals surface area contributed by atoms with Crippen molar-refractivity contribution in [3.8, 4) is 5.75 Å². The molecule has 1 aromatic rings. The molecule has 0 saturated carbocycles. The van der Waals surface area contributed by atoms with Gasteiger partial charge in [-0.1, -0.05) is 23.2 Å². The lowest BCUT2D eigenvalue weighted by Crippen LogP contribution is -2.14. The van der Waals surface area contributed by atoms with Gasteiger partial charge in [0, 0.05) is 11.6 Å². The van der Waals surface area contributed by atoms with Crippen molar-refractivity contribution in [1.82, 2.24) is 0 Å². The van der Waals surface area contributed by atoms with Gasteiger partial charge in [-0.2, -0.15) is 0 Å². The third-order valence-electron chi connectivity index (χ3n) is 1.67. The van der Waals surface area contributed by atoms with Gasteiger partial charge in [-0.3, -0.25) is 0 Å². The van der Waals surface area contributed by atoms with Gasteiger partial charge in [0.05, 0.1) is 22.7 Å².